The molecule has 2 heterocycles. The molecule has 0 bridgehead atoms. The van der Waals surface area contributed by atoms with Crippen molar-refractivity contribution in [3.8, 4) is 6.07 Å². The summed E-state index contributed by atoms with van der Waals surface area (Å²) in [5, 5.41) is 20.3. The number of aryl methyl sites for hydroxylation is 1. The predicted octanol–water partition coefficient (Wildman–Crippen LogP) is 2.22. The summed E-state index contributed by atoms with van der Waals surface area (Å²) in [5.41, 5.74) is 3.14. The van der Waals surface area contributed by atoms with E-state index in [0.29, 0.717) is 17.9 Å². The Morgan fingerprint density at radius 1 is 1.46 bits per heavy atom. The lowest BCUT2D eigenvalue weighted by molar-refractivity contribution is 0.314. The molecule has 0 atom stereocenters. The average Bonchev–Trinajstić information content (AvgIpc) is 2.94. The van der Waals surface area contributed by atoms with Crippen LogP contribution in [0, 0.1) is 16.7 Å². The summed E-state index contributed by atoms with van der Waals surface area (Å²) in [6, 6.07) is 7.59. The molecule has 7 heteroatoms. The van der Waals surface area contributed by atoms with Crippen molar-refractivity contribution in [2.75, 3.05) is 7.11 Å². The first-order chi connectivity index (χ1) is 11.7. The molecule has 0 amide bonds. The van der Waals surface area contributed by atoms with Crippen LogP contribution >= 0.6 is 0 Å². The number of allylic oxidation sites excluding steroid dienone is 1. The quantitative estimate of drug-likeness (QED) is 0.554. The molecule has 0 aliphatic rings. The van der Waals surface area contributed by atoms with Crippen LogP contribution in [-0.2, 0) is 18.3 Å². The van der Waals surface area contributed by atoms with Crippen molar-refractivity contribution in [2.45, 2.75) is 6.54 Å². The van der Waals surface area contributed by atoms with E-state index in [4.69, 9.17) is 15.4 Å². The highest BCUT2D eigenvalue weighted by atomic mass is 16.5. The number of methoxy groups -OCH3 is 1. The number of imidazole rings is 1. The minimum atomic E-state index is 0.430. The normalized spacial score (nSPS) is 11.5. The Bertz CT molecular complexity index is 996. The van der Waals surface area contributed by atoms with Gasteiger partial charge in [0.1, 0.15) is 11.3 Å². The van der Waals surface area contributed by atoms with E-state index >= 15 is 0 Å². The summed E-state index contributed by atoms with van der Waals surface area (Å²) in [6.07, 6.45) is 4.49. The molecule has 120 valence electrons. The molecule has 0 spiro atoms. The number of pyridine rings is 1. The summed E-state index contributed by atoms with van der Waals surface area (Å²) >= 11 is 0. The molecule has 0 saturated heterocycles. The van der Waals surface area contributed by atoms with Crippen LogP contribution in [-0.4, -0.2) is 27.9 Å². The van der Waals surface area contributed by atoms with Crippen LogP contribution in [0.2, 0.25) is 0 Å². The van der Waals surface area contributed by atoms with Gasteiger partial charge in [-0.05, 0) is 18.2 Å². The number of hydrogen-bond acceptors (Lipinski definition) is 6. The van der Waals surface area contributed by atoms with Crippen LogP contribution in [0.1, 0.15) is 11.4 Å². The summed E-state index contributed by atoms with van der Waals surface area (Å²) in [7, 11) is 3.45. The van der Waals surface area contributed by atoms with Crippen LogP contribution < -0.4 is 5.32 Å². The Labute approximate surface area is 138 Å². The van der Waals surface area contributed by atoms with E-state index in [1.807, 2.05) is 23.7 Å². The van der Waals surface area contributed by atoms with Gasteiger partial charge in [0.15, 0.2) is 5.76 Å². The fourth-order valence-electron chi connectivity index (χ4n) is 2.58. The van der Waals surface area contributed by atoms with Crippen molar-refractivity contribution >= 4 is 28.2 Å². The molecular weight excluding hydrogens is 304 g/mol. The molecule has 2 N–H and O–H groups in total. The summed E-state index contributed by atoms with van der Waals surface area (Å²) in [5.74, 6) is 1.25. The lowest BCUT2D eigenvalue weighted by atomic mass is 10.1. The smallest absolute Gasteiger partial charge is 0.151 e. The summed E-state index contributed by atoms with van der Waals surface area (Å²) in [6.45, 7) is 0.477. The van der Waals surface area contributed by atoms with Crippen LogP contribution in [0.4, 0.5) is 0 Å². The first-order valence-electron chi connectivity index (χ1n) is 7.30. The van der Waals surface area contributed by atoms with Gasteiger partial charge >= 0.3 is 0 Å². The van der Waals surface area contributed by atoms with E-state index in [1.165, 1.54) is 7.11 Å². The van der Waals surface area contributed by atoms with Crippen molar-refractivity contribution in [2.24, 2.45) is 7.05 Å². The van der Waals surface area contributed by atoms with Gasteiger partial charge in [0, 0.05) is 18.6 Å². The minimum absolute atomic E-state index is 0.430. The standard InChI is InChI=1S/C17H16N6O/c1-23-16(10-20-8-12(7-19)24-2)22-15-9-21-14-4-3-11(6-18)5-13(14)17(15)23/h3-5,7-9,19-20H,10H2,1-2H3/b12-8+,19-7?. The zero-order chi connectivity index (χ0) is 17.1. The number of aromatic nitrogens is 3. The van der Waals surface area contributed by atoms with E-state index < -0.39 is 0 Å². The third kappa shape index (κ3) is 2.65. The monoisotopic (exact) mass is 320 g/mol. The predicted molar refractivity (Wildman–Crippen MR) is 91.4 cm³/mol. The molecule has 0 fully saturated rings. The Kier molecular flexibility index (Phi) is 4.12. The van der Waals surface area contributed by atoms with Gasteiger partial charge in [0.2, 0.25) is 0 Å². The van der Waals surface area contributed by atoms with Crippen LogP contribution in [0.5, 0.6) is 0 Å². The second kappa shape index (κ2) is 6.38. The third-order valence-corrected chi connectivity index (χ3v) is 3.80. The van der Waals surface area contributed by atoms with Crippen LogP contribution in [0.25, 0.3) is 21.9 Å². The zero-order valence-electron chi connectivity index (χ0n) is 13.4. The molecular formula is C17H16N6O. The van der Waals surface area contributed by atoms with Crippen LogP contribution in [0.15, 0.2) is 36.4 Å². The molecule has 0 unspecified atom stereocenters. The maximum atomic E-state index is 9.12. The van der Waals surface area contributed by atoms with E-state index in [-0.39, 0.29) is 0 Å². The fraction of sp³-hybridized carbons (Fsp3) is 0.176. The molecule has 0 saturated carbocycles. The topological polar surface area (TPSA) is 99.6 Å². The SMILES string of the molecule is CO/C(C=N)=C/NCc1nc2cnc3ccc(C#N)cc3c2n1C. The number of nitrogens with one attached hydrogen (secondary N) is 2. The Morgan fingerprint density at radius 3 is 3.00 bits per heavy atom. The number of hydrogen-bond donors (Lipinski definition) is 2. The first kappa shape index (κ1) is 15.5. The van der Waals surface area contributed by atoms with Crippen LogP contribution in [0.3, 0.4) is 0 Å². The molecule has 0 aliphatic carbocycles. The number of ether oxygens (including phenoxy) is 1. The maximum absolute atomic E-state index is 9.12. The third-order valence-electron chi connectivity index (χ3n) is 3.80. The molecule has 0 radical (unpaired) electrons. The van der Waals surface area contributed by atoms with Gasteiger partial charge < -0.3 is 20.0 Å². The van der Waals surface area contributed by atoms with Gasteiger partial charge in [0.05, 0.1) is 48.7 Å². The van der Waals surface area contributed by atoms with Gasteiger partial charge in [0.25, 0.3) is 0 Å². The first-order valence-corrected chi connectivity index (χ1v) is 7.30. The Balaban J connectivity index is 2.04. The molecule has 3 aromatic rings. The highest BCUT2D eigenvalue weighted by molar-refractivity contribution is 6.02. The summed E-state index contributed by atoms with van der Waals surface area (Å²) in [4.78, 5) is 9.00. The zero-order valence-corrected chi connectivity index (χ0v) is 13.4. The summed E-state index contributed by atoms with van der Waals surface area (Å²) < 4.78 is 6.98. The highest BCUT2D eigenvalue weighted by Crippen LogP contribution is 2.24. The van der Waals surface area contributed by atoms with E-state index in [9.17, 15) is 0 Å². The van der Waals surface area contributed by atoms with Crippen molar-refractivity contribution in [1.82, 2.24) is 19.9 Å². The maximum Gasteiger partial charge on any atom is 0.151 e. The number of nitriles is 1. The van der Waals surface area contributed by atoms with Gasteiger partial charge in [-0.25, -0.2) is 4.98 Å². The molecule has 7 nitrogen and oxygen atoms in total. The van der Waals surface area contributed by atoms with E-state index in [0.717, 1.165) is 34.0 Å². The molecule has 24 heavy (non-hydrogen) atoms. The largest absolute Gasteiger partial charge is 0.494 e. The Hall–Kier alpha value is -3.40. The molecule has 0 aliphatic heterocycles. The van der Waals surface area contributed by atoms with E-state index in [1.54, 1.807) is 18.5 Å². The number of benzene rings is 1. The van der Waals surface area contributed by atoms with Gasteiger partial charge in [-0.15, -0.1) is 0 Å². The van der Waals surface area contributed by atoms with Crippen molar-refractivity contribution < 1.29 is 4.74 Å². The second-order valence-electron chi connectivity index (χ2n) is 5.20. The molecule has 3 rings (SSSR count). The Morgan fingerprint density at radius 2 is 2.29 bits per heavy atom. The van der Waals surface area contributed by atoms with Crippen molar-refractivity contribution in [3.63, 3.8) is 0 Å². The lowest BCUT2D eigenvalue weighted by Gasteiger charge is -2.05. The average molecular weight is 320 g/mol. The minimum Gasteiger partial charge on any atom is -0.494 e. The van der Waals surface area contributed by atoms with E-state index in [2.05, 4.69) is 21.4 Å². The lowest BCUT2D eigenvalue weighted by Crippen LogP contribution is -2.11. The second-order valence-corrected chi connectivity index (χ2v) is 5.20. The number of rotatable bonds is 5. The van der Waals surface area contributed by atoms with Gasteiger partial charge in [-0.1, -0.05) is 0 Å². The molecule has 1 aromatic carbocycles. The van der Waals surface area contributed by atoms with Crippen molar-refractivity contribution in [3.05, 3.63) is 47.7 Å². The van der Waals surface area contributed by atoms with Gasteiger partial charge in [-0.2, -0.15) is 5.26 Å². The molecule has 2 aromatic heterocycles. The van der Waals surface area contributed by atoms with Gasteiger partial charge in [-0.3, -0.25) is 4.98 Å². The van der Waals surface area contributed by atoms with Crippen molar-refractivity contribution in [1.29, 1.82) is 10.7 Å². The number of nitrogens with zero attached hydrogens (tertiary/aromatic N) is 4. The fourth-order valence-corrected chi connectivity index (χ4v) is 2.58. The highest BCUT2D eigenvalue weighted by Gasteiger charge is 2.12. The number of fused-ring (bicyclic) bond motifs is 3.